The molecule has 1 N–H and O–H groups in total. The number of carbonyl (C=O) groups excluding carboxylic acids is 2. The van der Waals surface area contributed by atoms with E-state index in [1.807, 2.05) is 79.7 Å². The Kier molecular flexibility index (Phi) is 9.00. The number of nitrogens with one attached hydrogen (secondary N) is 1. The van der Waals surface area contributed by atoms with E-state index < -0.39 is 5.97 Å². The standard InChI is InChI=1S/C27H26ClN3O3/c1-20(22-15-7-4-8-16-22)31(19-11-14-21-12-5-3-6-13-21)26(32)23-17-9-10-18-24(23)29-30-25(28)27(33)34-2/h3-18,20,29H,19H2,1-2H3/b14-11-,30-25-/t20-/m0/s1. The lowest BCUT2D eigenvalue weighted by Crippen LogP contribution is -2.34. The number of esters is 1. The number of anilines is 1. The highest BCUT2D eigenvalue weighted by Crippen LogP contribution is 2.25. The van der Waals surface area contributed by atoms with Crippen molar-refractivity contribution in [1.29, 1.82) is 0 Å². The Bertz CT molecular complexity index is 1160. The van der Waals surface area contributed by atoms with Crippen LogP contribution in [0.1, 0.15) is 34.5 Å². The number of hydrazone groups is 1. The lowest BCUT2D eigenvalue weighted by atomic mass is 10.0. The Hall–Kier alpha value is -3.90. The smallest absolute Gasteiger partial charge is 0.370 e. The fourth-order valence-electron chi connectivity index (χ4n) is 3.36. The van der Waals surface area contributed by atoms with Gasteiger partial charge in [0.1, 0.15) is 0 Å². The molecule has 0 saturated heterocycles. The van der Waals surface area contributed by atoms with Crippen molar-refractivity contribution < 1.29 is 14.3 Å². The summed E-state index contributed by atoms with van der Waals surface area (Å²) in [5.41, 5.74) is 5.60. The third kappa shape index (κ3) is 6.56. The minimum absolute atomic E-state index is 0.190. The number of benzene rings is 3. The fraction of sp³-hybridized carbons (Fsp3) is 0.148. The Morgan fingerprint density at radius 1 is 1.00 bits per heavy atom. The zero-order valence-corrected chi connectivity index (χ0v) is 19.8. The molecule has 0 radical (unpaired) electrons. The molecule has 0 fully saturated rings. The second-order valence-electron chi connectivity index (χ2n) is 7.41. The van der Waals surface area contributed by atoms with Gasteiger partial charge in [-0.3, -0.25) is 10.2 Å². The summed E-state index contributed by atoms with van der Waals surface area (Å²) in [4.78, 5) is 27.0. The van der Waals surface area contributed by atoms with Crippen LogP contribution in [0.4, 0.5) is 5.69 Å². The van der Waals surface area contributed by atoms with E-state index in [-0.39, 0.29) is 17.1 Å². The van der Waals surface area contributed by atoms with Crippen LogP contribution in [-0.4, -0.2) is 35.6 Å². The number of ether oxygens (including phenoxy) is 1. The number of carbonyl (C=O) groups is 2. The van der Waals surface area contributed by atoms with Gasteiger partial charge in [0.05, 0.1) is 24.4 Å². The first-order valence-electron chi connectivity index (χ1n) is 10.7. The molecular weight excluding hydrogens is 450 g/mol. The molecule has 0 spiro atoms. The predicted molar refractivity (Wildman–Crippen MR) is 137 cm³/mol. The predicted octanol–water partition coefficient (Wildman–Crippen LogP) is 5.74. The van der Waals surface area contributed by atoms with Gasteiger partial charge >= 0.3 is 5.97 Å². The van der Waals surface area contributed by atoms with Gasteiger partial charge in [-0.15, -0.1) is 0 Å². The first kappa shape index (κ1) is 24.7. The Morgan fingerprint density at radius 3 is 2.29 bits per heavy atom. The van der Waals surface area contributed by atoms with E-state index in [1.54, 1.807) is 29.2 Å². The van der Waals surface area contributed by atoms with Crippen LogP contribution in [0.25, 0.3) is 6.08 Å². The van der Waals surface area contributed by atoms with Crippen molar-refractivity contribution in [2.45, 2.75) is 13.0 Å². The highest BCUT2D eigenvalue weighted by molar-refractivity contribution is 6.82. The average Bonchev–Trinajstić information content (AvgIpc) is 2.89. The number of para-hydroxylation sites is 1. The molecule has 0 aliphatic carbocycles. The summed E-state index contributed by atoms with van der Waals surface area (Å²) in [6, 6.07) is 26.5. The van der Waals surface area contributed by atoms with Crippen molar-refractivity contribution >= 4 is 40.4 Å². The second kappa shape index (κ2) is 12.4. The maximum absolute atomic E-state index is 13.7. The minimum atomic E-state index is -0.775. The third-order valence-electron chi connectivity index (χ3n) is 5.21. The van der Waals surface area contributed by atoms with Gasteiger partial charge in [0.25, 0.3) is 5.91 Å². The van der Waals surface area contributed by atoms with Crippen LogP contribution in [0.3, 0.4) is 0 Å². The van der Waals surface area contributed by atoms with Crippen molar-refractivity contribution in [3.63, 3.8) is 0 Å². The molecule has 0 bridgehead atoms. The third-order valence-corrected chi connectivity index (χ3v) is 5.45. The van der Waals surface area contributed by atoms with Crippen LogP contribution in [0, 0.1) is 0 Å². The van der Waals surface area contributed by atoms with Gasteiger partial charge in [-0.2, -0.15) is 5.10 Å². The van der Waals surface area contributed by atoms with Crippen LogP contribution < -0.4 is 5.43 Å². The zero-order chi connectivity index (χ0) is 24.3. The van der Waals surface area contributed by atoms with Gasteiger partial charge in [0.15, 0.2) is 0 Å². The number of hydrogen-bond donors (Lipinski definition) is 1. The van der Waals surface area contributed by atoms with Crippen molar-refractivity contribution in [3.8, 4) is 0 Å². The lowest BCUT2D eigenvalue weighted by Gasteiger charge is -2.29. The molecular formula is C27H26ClN3O3. The van der Waals surface area contributed by atoms with E-state index in [4.69, 9.17) is 11.6 Å². The van der Waals surface area contributed by atoms with Crippen molar-refractivity contribution in [1.82, 2.24) is 4.90 Å². The van der Waals surface area contributed by atoms with Crippen LogP contribution in [-0.2, 0) is 9.53 Å². The van der Waals surface area contributed by atoms with E-state index in [0.29, 0.717) is 17.8 Å². The molecule has 0 aromatic heterocycles. The largest absolute Gasteiger partial charge is 0.464 e. The highest BCUT2D eigenvalue weighted by atomic mass is 35.5. The van der Waals surface area contributed by atoms with Gasteiger partial charge in [-0.25, -0.2) is 4.79 Å². The van der Waals surface area contributed by atoms with Gasteiger partial charge in [0, 0.05) is 6.54 Å². The summed E-state index contributed by atoms with van der Waals surface area (Å²) in [7, 11) is 1.21. The Labute approximate surface area is 204 Å². The second-order valence-corrected chi connectivity index (χ2v) is 7.77. The van der Waals surface area contributed by atoms with Gasteiger partial charge < -0.3 is 9.64 Å². The van der Waals surface area contributed by atoms with Crippen LogP contribution >= 0.6 is 11.6 Å². The molecule has 0 aliphatic heterocycles. The summed E-state index contributed by atoms with van der Waals surface area (Å²) in [6.45, 7) is 2.39. The normalized spacial score (nSPS) is 12.3. The average molecular weight is 476 g/mol. The summed E-state index contributed by atoms with van der Waals surface area (Å²) in [5.74, 6) is -0.968. The number of amides is 1. The number of nitrogens with zero attached hydrogens (tertiary/aromatic N) is 2. The summed E-state index contributed by atoms with van der Waals surface area (Å²) < 4.78 is 4.55. The quantitative estimate of drug-likeness (QED) is 0.243. The van der Waals surface area contributed by atoms with Gasteiger partial charge in [-0.05, 0) is 30.2 Å². The summed E-state index contributed by atoms with van der Waals surface area (Å²) >= 11 is 5.84. The first-order chi connectivity index (χ1) is 16.5. The van der Waals surface area contributed by atoms with E-state index in [0.717, 1.165) is 11.1 Å². The Morgan fingerprint density at radius 2 is 1.62 bits per heavy atom. The maximum Gasteiger partial charge on any atom is 0.370 e. The monoisotopic (exact) mass is 475 g/mol. The maximum atomic E-state index is 13.7. The van der Waals surface area contributed by atoms with E-state index >= 15 is 0 Å². The van der Waals surface area contributed by atoms with Crippen LogP contribution in [0.5, 0.6) is 0 Å². The summed E-state index contributed by atoms with van der Waals surface area (Å²) in [5, 5.41) is 3.47. The molecule has 174 valence electrons. The zero-order valence-electron chi connectivity index (χ0n) is 19.0. The molecule has 0 saturated carbocycles. The van der Waals surface area contributed by atoms with E-state index in [9.17, 15) is 9.59 Å². The van der Waals surface area contributed by atoms with Crippen LogP contribution in [0.15, 0.2) is 96.1 Å². The minimum Gasteiger partial charge on any atom is -0.464 e. The van der Waals surface area contributed by atoms with E-state index in [2.05, 4.69) is 15.3 Å². The SMILES string of the molecule is COC(=O)/C(Cl)=N/Nc1ccccc1C(=O)N(C/C=C\c1ccccc1)[C@@H](C)c1ccccc1. The van der Waals surface area contributed by atoms with Crippen LogP contribution in [0.2, 0.25) is 0 Å². The molecule has 0 aliphatic rings. The van der Waals surface area contributed by atoms with Crippen molar-refractivity contribution in [2.75, 3.05) is 19.1 Å². The number of hydrogen-bond acceptors (Lipinski definition) is 5. The van der Waals surface area contributed by atoms with Gasteiger partial charge in [-0.1, -0.05) is 96.5 Å². The topological polar surface area (TPSA) is 71.0 Å². The molecule has 3 aromatic rings. The van der Waals surface area contributed by atoms with E-state index in [1.165, 1.54) is 7.11 Å². The van der Waals surface area contributed by atoms with Gasteiger partial charge in [0.2, 0.25) is 5.17 Å². The number of methoxy groups -OCH3 is 1. The number of rotatable bonds is 9. The molecule has 3 rings (SSSR count). The molecule has 0 unspecified atom stereocenters. The lowest BCUT2D eigenvalue weighted by molar-refractivity contribution is -0.132. The molecule has 3 aromatic carbocycles. The molecule has 34 heavy (non-hydrogen) atoms. The number of halogens is 1. The molecule has 7 heteroatoms. The Balaban J connectivity index is 1.90. The molecule has 6 nitrogen and oxygen atoms in total. The molecule has 0 heterocycles. The first-order valence-corrected chi connectivity index (χ1v) is 11.1. The highest BCUT2D eigenvalue weighted by Gasteiger charge is 2.24. The summed E-state index contributed by atoms with van der Waals surface area (Å²) in [6.07, 6.45) is 3.96. The van der Waals surface area contributed by atoms with Crippen molar-refractivity contribution in [2.24, 2.45) is 5.10 Å². The molecule has 1 amide bonds. The van der Waals surface area contributed by atoms with Crippen molar-refractivity contribution in [3.05, 3.63) is 108 Å². The molecule has 1 atom stereocenters. The fourth-order valence-corrected chi connectivity index (χ4v) is 3.48.